The fourth-order valence-electron chi connectivity index (χ4n) is 1.47. The van der Waals surface area contributed by atoms with E-state index in [0.29, 0.717) is 16.3 Å². The summed E-state index contributed by atoms with van der Waals surface area (Å²) < 4.78 is 0.453. The molecule has 1 fully saturated rings. The number of thiocarbonyl (C=S) groups is 1. The Morgan fingerprint density at radius 2 is 2.19 bits per heavy atom. The highest BCUT2D eigenvalue weighted by molar-refractivity contribution is 8.24. The van der Waals surface area contributed by atoms with E-state index >= 15 is 0 Å². The predicted molar refractivity (Wildman–Crippen MR) is 65.6 cm³/mol. The monoisotopic (exact) mass is 255 g/mol. The lowest BCUT2D eigenvalue weighted by molar-refractivity contribution is -0.118. The van der Waals surface area contributed by atoms with Crippen molar-refractivity contribution in [2.75, 3.05) is 0 Å². The van der Waals surface area contributed by atoms with E-state index < -0.39 is 0 Å². The Kier molecular flexibility index (Phi) is 3.02. The van der Waals surface area contributed by atoms with E-state index in [2.05, 4.69) is 5.32 Å². The van der Waals surface area contributed by atoms with Crippen LogP contribution in [0.15, 0.2) is 18.2 Å². The molecule has 1 aliphatic rings. The summed E-state index contributed by atoms with van der Waals surface area (Å²) in [6.45, 7) is 0. The zero-order valence-electron chi connectivity index (χ0n) is 8.14. The molecule has 1 saturated heterocycles. The van der Waals surface area contributed by atoms with Crippen molar-refractivity contribution < 1.29 is 15.0 Å². The molecule has 1 aromatic carbocycles. The molecule has 0 spiro atoms. The van der Waals surface area contributed by atoms with Crippen LogP contribution < -0.4 is 5.32 Å². The largest absolute Gasteiger partial charge is 0.504 e. The van der Waals surface area contributed by atoms with Crippen molar-refractivity contribution in [2.24, 2.45) is 0 Å². The smallest absolute Gasteiger partial charge is 0.239 e. The topological polar surface area (TPSA) is 69.6 Å². The van der Waals surface area contributed by atoms with Gasteiger partial charge in [0.15, 0.2) is 11.5 Å². The summed E-state index contributed by atoms with van der Waals surface area (Å²) >= 11 is 6.13. The van der Waals surface area contributed by atoms with Crippen molar-refractivity contribution >= 4 is 34.2 Å². The van der Waals surface area contributed by atoms with Crippen molar-refractivity contribution in [3.05, 3.63) is 23.8 Å². The summed E-state index contributed by atoms with van der Waals surface area (Å²) in [5, 5.41) is 21.1. The Hall–Kier alpha value is -1.27. The van der Waals surface area contributed by atoms with Gasteiger partial charge in [-0.25, -0.2) is 0 Å². The minimum Gasteiger partial charge on any atom is -0.504 e. The number of benzene rings is 1. The number of para-hydroxylation sites is 1. The first-order chi connectivity index (χ1) is 7.58. The minimum atomic E-state index is -0.333. The summed E-state index contributed by atoms with van der Waals surface area (Å²) in [6.07, 6.45) is 0.344. The fourth-order valence-corrected chi connectivity index (χ4v) is 2.77. The lowest BCUT2D eigenvalue weighted by atomic mass is 10.1. The van der Waals surface area contributed by atoms with Crippen LogP contribution in [0.2, 0.25) is 0 Å². The van der Waals surface area contributed by atoms with Crippen LogP contribution in [0.25, 0.3) is 0 Å². The van der Waals surface area contributed by atoms with E-state index in [4.69, 9.17) is 12.2 Å². The zero-order valence-corrected chi connectivity index (χ0v) is 9.77. The quantitative estimate of drug-likeness (QED) is 0.546. The van der Waals surface area contributed by atoms with Crippen molar-refractivity contribution in [2.45, 2.75) is 11.7 Å². The highest BCUT2D eigenvalue weighted by atomic mass is 32.2. The maximum Gasteiger partial charge on any atom is 0.239 e. The average molecular weight is 255 g/mol. The molecule has 0 aromatic heterocycles. The molecule has 1 aromatic rings. The number of nitrogens with one attached hydrogen (secondary N) is 1. The molecule has 0 radical (unpaired) electrons. The Balaban J connectivity index is 2.18. The molecule has 2 rings (SSSR count). The zero-order chi connectivity index (χ0) is 11.7. The Morgan fingerprint density at radius 3 is 2.81 bits per heavy atom. The van der Waals surface area contributed by atoms with Gasteiger partial charge in [0.2, 0.25) is 5.91 Å². The van der Waals surface area contributed by atoms with Crippen LogP contribution in [0.4, 0.5) is 0 Å². The molecule has 1 atom stereocenters. The summed E-state index contributed by atoms with van der Waals surface area (Å²) in [5.74, 6) is -0.505. The normalized spacial score (nSPS) is 19.9. The SMILES string of the molecule is O=C1NC(=S)SC1Cc1cccc(O)c1O. The molecule has 6 heteroatoms. The second kappa shape index (κ2) is 4.31. The molecule has 0 saturated carbocycles. The maximum atomic E-state index is 11.4. The van der Waals surface area contributed by atoms with Gasteiger partial charge in [0.25, 0.3) is 0 Å². The molecule has 0 aliphatic carbocycles. The highest BCUT2D eigenvalue weighted by Gasteiger charge is 2.29. The van der Waals surface area contributed by atoms with Gasteiger partial charge in [0.1, 0.15) is 4.32 Å². The minimum absolute atomic E-state index is 0.155. The van der Waals surface area contributed by atoms with Crippen LogP contribution in [0.3, 0.4) is 0 Å². The number of hydrogen-bond acceptors (Lipinski definition) is 5. The summed E-state index contributed by atoms with van der Waals surface area (Å²) in [4.78, 5) is 11.4. The Morgan fingerprint density at radius 1 is 1.44 bits per heavy atom. The maximum absolute atomic E-state index is 11.4. The number of carbonyl (C=O) groups excluding carboxylic acids is 1. The summed E-state index contributed by atoms with van der Waals surface area (Å²) in [6, 6.07) is 4.69. The number of amides is 1. The second-order valence-electron chi connectivity index (χ2n) is 3.37. The highest BCUT2D eigenvalue weighted by Crippen LogP contribution is 2.32. The van der Waals surface area contributed by atoms with Gasteiger partial charge in [-0.05, 0) is 18.1 Å². The molecule has 1 heterocycles. The van der Waals surface area contributed by atoms with Gasteiger partial charge in [0, 0.05) is 0 Å². The van der Waals surface area contributed by atoms with Gasteiger partial charge >= 0.3 is 0 Å². The number of carbonyl (C=O) groups is 1. The predicted octanol–water partition coefficient (Wildman–Crippen LogP) is 1.16. The molecule has 84 valence electrons. The van der Waals surface area contributed by atoms with Gasteiger partial charge in [-0.15, -0.1) is 0 Å². The van der Waals surface area contributed by atoms with Gasteiger partial charge in [-0.2, -0.15) is 0 Å². The van der Waals surface area contributed by atoms with Gasteiger partial charge in [-0.1, -0.05) is 36.1 Å². The van der Waals surface area contributed by atoms with Gasteiger partial charge < -0.3 is 15.5 Å². The standard InChI is InChI=1S/C10H9NO3S2/c12-6-3-1-2-5(8(6)13)4-7-9(14)11-10(15)16-7/h1-3,7,12-13H,4H2,(H,11,14,15). The number of phenols is 2. The summed E-state index contributed by atoms with van der Waals surface area (Å²) in [5.41, 5.74) is 0.539. The van der Waals surface area contributed by atoms with Crippen LogP contribution in [0, 0.1) is 0 Å². The van der Waals surface area contributed by atoms with Gasteiger partial charge in [-0.3, -0.25) is 4.79 Å². The van der Waals surface area contributed by atoms with Crippen LogP contribution in [0.5, 0.6) is 11.5 Å². The van der Waals surface area contributed by atoms with Crippen molar-refractivity contribution in [3.8, 4) is 11.5 Å². The molecular weight excluding hydrogens is 246 g/mol. The molecule has 4 nitrogen and oxygen atoms in total. The van der Waals surface area contributed by atoms with Gasteiger partial charge in [0.05, 0.1) is 5.25 Å². The number of hydrogen-bond donors (Lipinski definition) is 3. The number of phenolic OH excluding ortho intramolecular Hbond substituents is 2. The van der Waals surface area contributed by atoms with Crippen LogP contribution in [-0.2, 0) is 11.2 Å². The lowest BCUT2D eigenvalue weighted by Crippen LogP contribution is -2.25. The summed E-state index contributed by atoms with van der Waals surface area (Å²) in [7, 11) is 0. The number of aromatic hydroxyl groups is 2. The molecule has 3 N–H and O–H groups in total. The van der Waals surface area contributed by atoms with Crippen molar-refractivity contribution in [1.29, 1.82) is 0 Å². The first-order valence-corrected chi connectivity index (χ1v) is 5.88. The first kappa shape index (κ1) is 11.2. The molecule has 0 bridgehead atoms. The Bertz CT molecular complexity index is 461. The van der Waals surface area contributed by atoms with E-state index in [-0.39, 0.29) is 22.7 Å². The third-order valence-electron chi connectivity index (χ3n) is 2.27. The molecule has 1 amide bonds. The van der Waals surface area contributed by atoms with Crippen LogP contribution >= 0.6 is 24.0 Å². The molecule has 1 aliphatic heterocycles. The van der Waals surface area contributed by atoms with E-state index in [1.165, 1.54) is 17.8 Å². The van der Waals surface area contributed by atoms with Crippen molar-refractivity contribution in [3.63, 3.8) is 0 Å². The number of thioether (sulfide) groups is 1. The van der Waals surface area contributed by atoms with Crippen LogP contribution in [-0.4, -0.2) is 25.7 Å². The fraction of sp³-hybridized carbons (Fsp3) is 0.200. The number of rotatable bonds is 2. The first-order valence-electron chi connectivity index (χ1n) is 4.59. The Labute approximate surface area is 102 Å². The third kappa shape index (κ3) is 2.12. The van der Waals surface area contributed by atoms with E-state index in [1.807, 2.05) is 0 Å². The average Bonchev–Trinajstić information content (AvgIpc) is 2.53. The van der Waals surface area contributed by atoms with E-state index in [1.54, 1.807) is 12.1 Å². The molecule has 16 heavy (non-hydrogen) atoms. The third-order valence-corrected chi connectivity index (χ3v) is 3.64. The van der Waals surface area contributed by atoms with E-state index in [9.17, 15) is 15.0 Å². The molecule has 1 unspecified atom stereocenters. The van der Waals surface area contributed by atoms with Crippen molar-refractivity contribution in [1.82, 2.24) is 5.32 Å². The van der Waals surface area contributed by atoms with E-state index in [0.717, 1.165) is 0 Å². The lowest BCUT2D eigenvalue weighted by Gasteiger charge is -2.08. The second-order valence-corrected chi connectivity index (χ2v) is 5.25. The van der Waals surface area contributed by atoms with Crippen LogP contribution in [0.1, 0.15) is 5.56 Å². The molecular formula is C10H9NO3S2.